The molecule has 0 saturated heterocycles. The molecular formula is C21H32O3. The van der Waals surface area contributed by atoms with Crippen molar-refractivity contribution in [2.45, 2.75) is 71.5 Å². The maximum absolute atomic E-state index is 13.5. The van der Waals surface area contributed by atoms with Crippen LogP contribution in [0.5, 0.6) is 0 Å². The Hall–Kier alpha value is -0.670. The average Bonchev–Trinajstić information content (AvgIpc) is 3.19. The van der Waals surface area contributed by atoms with Crippen molar-refractivity contribution in [3.8, 4) is 0 Å². The molecular weight excluding hydrogens is 300 g/mol. The Kier molecular flexibility index (Phi) is 3.61. The quantitative estimate of drug-likeness (QED) is 0.783. The molecule has 0 aromatic rings. The lowest BCUT2D eigenvalue weighted by Gasteiger charge is -2.54. The highest BCUT2D eigenvalue weighted by molar-refractivity contribution is 5.89. The fraction of sp³-hybridized carbons (Fsp3) is 0.857. The van der Waals surface area contributed by atoms with Gasteiger partial charge >= 0.3 is 0 Å². The number of hydrogen-bond donors (Lipinski definition) is 1. The number of aliphatic hydroxyl groups is 1. The minimum atomic E-state index is -0.534. The van der Waals surface area contributed by atoms with Gasteiger partial charge in [0, 0.05) is 23.9 Å². The number of rotatable bonds is 2. The fourth-order valence-corrected chi connectivity index (χ4v) is 7.37. The van der Waals surface area contributed by atoms with E-state index in [0.29, 0.717) is 24.0 Å². The first-order chi connectivity index (χ1) is 11.4. The smallest absolute Gasteiger partial charge is 0.145 e. The molecule has 0 aliphatic heterocycles. The van der Waals surface area contributed by atoms with Gasteiger partial charge in [0.15, 0.2) is 0 Å². The number of aliphatic hydroxyl groups excluding tert-OH is 1. The van der Waals surface area contributed by atoms with E-state index in [4.69, 9.17) is 4.74 Å². The van der Waals surface area contributed by atoms with Crippen LogP contribution >= 0.6 is 0 Å². The van der Waals surface area contributed by atoms with E-state index in [2.05, 4.69) is 6.92 Å². The summed E-state index contributed by atoms with van der Waals surface area (Å²) >= 11 is 0. The topological polar surface area (TPSA) is 46.5 Å². The highest BCUT2D eigenvalue weighted by Crippen LogP contribution is 2.77. The summed E-state index contributed by atoms with van der Waals surface area (Å²) in [6.45, 7) is 6.19. The Morgan fingerprint density at radius 2 is 1.96 bits per heavy atom. The molecule has 0 aromatic heterocycles. The zero-order chi connectivity index (χ0) is 17.3. The van der Waals surface area contributed by atoms with E-state index < -0.39 is 5.41 Å². The third-order valence-electron chi connectivity index (χ3n) is 8.52. The first-order valence-electron chi connectivity index (χ1n) is 9.75. The lowest BCUT2D eigenvalue weighted by Crippen LogP contribution is -2.56. The van der Waals surface area contributed by atoms with Gasteiger partial charge in [-0.05, 0) is 69.6 Å². The molecule has 0 amide bonds. The zero-order valence-corrected chi connectivity index (χ0v) is 15.5. The van der Waals surface area contributed by atoms with Crippen LogP contribution in [0, 0.1) is 34.0 Å². The maximum atomic E-state index is 13.5. The summed E-state index contributed by atoms with van der Waals surface area (Å²) < 4.78 is 5.90. The SMILES string of the molecule is CC=C[C@]1(C)C[C@@H](O)[C@]23C[C@@H]2CCC2(CC[C@@H](OC)C23)[C@@H](C)C1=O. The number of allylic oxidation sites excluding steroid dienone is 2. The Morgan fingerprint density at radius 1 is 1.25 bits per heavy atom. The van der Waals surface area contributed by atoms with Gasteiger partial charge in [-0.3, -0.25) is 4.79 Å². The second kappa shape index (κ2) is 5.17. The number of methoxy groups -OCH3 is 1. The third-order valence-corrected chi connectivity index (χ3v) is 8.52. The Morgan fingerprint density at radius 3 is 2.62 bits per heavy atom. The van der Waals surface area contributed by atoms with Gasteiger partial charge in [-0.15, -0.1) is 0 Å². The number of ether oxygens (including phenoxy) is 1. The Labute approximate surface area is 145 Å². The highest BCUT2D eigenvalue weighted by atomic mass is 16.5. The molecule has 1 spiro atoms. The normalized spacial score (nSPS) is 56.5. The monoisotopic (exact) mass is 332 g/mol. The van der Waals surface area contributed by atoms with Crippen molar-refractivity contribution in [1.29, 1.82) is 0 Å². The standard InChI is InChI=1S/C21H32O3/c1-5-8-19(3)12-16(22)21-11-14(21)6-9-20(13(2)18(19)23)10-7-15(24-4)17(20)21/h5,8,13-17,22H,6-7,9-12H2,1-4H3/t13-,14-,15+,16+,17?,19+,20?,21-/m0/s1. The zero-order valence-electron chi connectivity index (χ0n) is 15.5. The number of ketones is 1. The van der Waals surface area contributed by atoms with Crippen LogP contribution in [0.4, 0.5) is 0 Å². The summed E-state index contributed by atoms with van der Waals surface area (Å²) in [4.78, 5) is 13.5. The van der Waals surface area contributed by atoms with Crippen LogP contribution in [0.25, 0.3) is 0 Å². The van der Waals surface area contributed by atoms with E-state index in [1.807, 2.05) is 33.1 Å². The van der Waals surface area contributed by atoms with E-state index in [1.165, 1.54) is 6.42 Å². The molecule has 1 N–H and O–H groups in total. The van der Waals surface area contributed by atoms with Gasteiger partial charge in [-0.25, -0.2) is 0 Å². The molecule has 24 heavy (non-hydrogen) atoms. The largest absolute Gasteiger partial charge is 0.392 e. The molecule has 4 fully saturated rings. The molecule has 134 valence electrons. The number of carbonyl (C=O) groups is 1. The summed E-state index contributed by atoms with van der Waals surface area (Å²) in [5.74, 6) is 1.37. The Balaban J connectivity index is 1.86. The van der Waals surface area contributed by atoms with E-state index in [9.17, 15) is 9.90 Å². The van der Waals surface area contributed by atoms with E-state index in [-0.39, 0.29) is 29.0 Å². The highest BCUT2D eigenvalue weighted by Gasteiger charge is 2.75. The third kappa shape index (κ3) is 1.83. The fourth-order valence-electron chi connectivity index (χ4n) is 7.37. The van der Waals surface area contributed by atoms with Crippen LogP contribution in [0.15, 0.2) is 12.2 Å². The predicted molar refractivity (Wildman–Crippen MR) is 93.4 cm³/mol. The molecule has 3 nitrogen and oxygen atoms in total. The Bertz CT molecular complexity index is 584. The first kappa shape index (κ1) is 16.8. The number of Topliss-reactive ketones (excluding diaryl/α,β-unsaturated/α-hetero) is 1. The summed E-state index contributed by atoms with van der Waals surface area (Å²) in [5, 5.41) is 11.3. The molecule has 2 unspecified atom stereocenters. The van der Waals surface area contributed by atoms with Crippen LogP contribution in [0.1, 0.15) is 59.3 Å². The van der Waals surface area contributed by atoms with Gasteiger partial charge in [0.25, 0.3) is 0 Å². The first-order valence-corrected chi connectivity index (χ1v) is 9.75. The lowest BCUT2D eigenvalue weighted by atomic mass is 9.50. The van der Waals surface area contributed by atoms with Gasteiger partial charge < -0.3 is 9.84 Å². The van der Waals surface area contributed by atoms with Crippen molar-refractivity contribution in [3.63, 3.8) is 0 Å². The molecule has 4 rings (SSSR count). The second-order valence-electron chi connectivity index (χ2n) is 9.30. The summed E-state index contributed by atoms with van der Waals surface area (Å²) in [6, 6.07) is 0. The molecule has 8 atom stereocenters. The van der Waals surface area contributed by atoms with Crippen molar-refractivity contribution in [1.82, 2.24) is 0 Å². The van der Waals surface area contributed by atoms with Gasteiger partial charge in [0.2, 0.25) is 0 Å². The van der Waals surface area contributed by atoms with Gasteiger partial charge in [-0.2, -0.15) is 0 Å². The molecule has 4 aliphatic carbocycles. The maximum Gasteiger partial charge on any atom is 0.145 e. The molecule has 2 bridgehead atoms. The van der Waals surface area contributed by atoms with Crippen LogP contribution < -0.4 is 0 Å². The summed E-state index contributed by atoms with van der Waals surface area (Å²) in [7, 11) is 1.81. The van der Waals surface area contributed by atoms with Crippen LogP contribution in [0.2, 0.25) is 0 Å². The molecule has 4 aliphatic rings. The molecule has 0 heterocycles. The van der Waals surface area contributed by atoms with Crippen molar-refractivity contribution in [2.75, 3.05) is 7.11 Å². The number of hydrogen-bond acceptors (Lipinski definition) is 3. The average molecular weight is 332 g/mol. The van der Waals surface area contributed by atoms with Crippen LogP contribution in [0.3, 0.4) is 0 Å². The minimum Gasteiger partial charge on any atom is -0.392 e. The van der Waals surface area contributed by atoms with E-state index >= 15 is 0 Å². The van der Waals surface area contributed by atoms with Crippen molar-refractivity contribution < 1.29 is 14.6 Å². The molecule has 0 aromatic carbocycles. The summed E-state index contributed by atoms with van der Waals surface area (Å²) in [6.07, 6.45) is 9.99. The predicted octanol–water partition coefficient (Wildman–Crippen LogP) is 3.75. The minimum absolute atomic E-state index is 0.00717. The van der Waals surface area contributed by atoms with Gasteiger partial charge in [0.05, 0.1) is 12.2 Å². The lowest BCUT2D eigenvalue weighted by molar-refractivity contribution is -0.156. The van der Waals surface area contributed by atoms with Crippen molar-refractivity contribution in [2.24, 2.45) is 34.0 Å². The van der Waals surface area contributed by atoms with Crippen molar-refractivity contribution >= 4 is 5.78 Å². The molecule has 0 radical (unpaired) electrons. The van der Waals surface area contributed by atoms with Crippen LogP contribution in [-0.2, 0) is 9.53 Å². The molecule has 4 saturated carbocycles. The van der Waals surface area contributed by atoms with E-state index in [0.717, 1.165) is 25.7 Å². The van der Waals surface area contributed by atoms with Crippen molar-refractivity contribution in [3.05, 3.63) is 12.2 Å². The van der Waals surface area contributed by atoms with Gasteiger partial charge in [-0.1, -0.05) is 19.1 Å². The van der Waals surface area contributed by atoms with Gasteiger partial charge in [0.1, 0.15) is 5.78 Å². The second-order valence-corrected chi connectivity index (χ2v) is 9.30. The molecule has 3 heteroatoms. The number of carbonyl (C=O) groups excluding carboxylic acids is 1. The summed E-state index contributed by atoms with van der Waals surface area (Å²) in [5.41, 5.74) is -0.490. The van der Waals surface area contributed by atoms with E-state index in [1.54, 1.807) is 0 Å². The van der Waals surface area contributed by atoms with Crippen LogP contribution in [-0.4, -0.2) is 30.2 Å².